The molecule has 0 heterocycles. The second kappa shape index (κ2) is 5.67. The van der Waals surface area contributed by atoms with E-state index < -0.39 is 5.91 Å². The zero-order chi connectivity index (χ0) is 14.7. The first kappa shape index (κ1) is 13.2. The van der Waals surface area contributed by atoms with Crippen molar-refractivity contribution in [1.82, 2.24) is 0 Å². The minimum absolute atomic E-state index is 0.399. The van der Waals surface area contributed by atoms with Crippen molar-refractivity contribution in [2.24, 2.45) is 5.73 Å². The largest absolute Gasteiger partial charge is 0.381 e. The lowest BCUT2D eigenvalue weighted by atomic mass is 10.1. The first-order valence-corrected chi connectivity index (χ1v) is 6.84. The Balaban J connectivity index is 1.72. The maximum atomic E-state index is 11.0. The number of nitrogens with two attached hydrogens (primary N) is 1. The number of hydrogen-bond acceptors (Lipinski definition) is 2. The Morgan fingerprint density at radius 3 is 2.33 bits per heavy atom. The minimum atomic E-state index is -0.399. The predicted octanol–water partition coefficient (Wildman–Crippen LogP) is 3.55. The summed E-state index contributed by atoms with van der Waals surface area (Å²) in [7, 11) is 0. The van der Waals surface area contributed by atoms with E-state index in [1.165, 1.54) is 10.8 Å². The number of nitrogens with one attached hydrogen (secondary N) is 1. The van der Waals surface area contributed by atoms with E-state index in [-0.39, 0.29) is 0 Å². The zero-order valence-electron chi connectivity index (χ0n) is 11.5. The summed E-state index contributed by atoms with van der Waals surface area (Å²) in [5.41, 5.74) is 7.94. The van der Waals surface area contributed by atoms with E-state index in [1.807, 2.05) is 24.3 Å². The second-order valence-corrected chi connectivity index (χ2v) is 4.98. The SMILES string of the molecule is NC(=O)c1ccc(CNc2ccc3ccccc3c2)cc1. The van der Waals surface area contributed by atoms with Crippen molar-refractivity contribution >= 4 is 22.4 Å². The highest BCUT2D eigenvalue weighted by atomic mass is 16.1. The Hall–Kier alpha value is -2.81. The van der Waals surface area contributed by atoms with Gasteiger partial charge in [0.2, 0.25) is 5.91 Å². The van der Waals surface area contributed by atoms with Crippen LogP contribution < -0.4 is 11.1 Å². The first-order chi connectivity index (χ1) is 10.2. The van der Waals surface area contributed by atoms with Crippen LogP contribution in [0.3, 0.4) is 0 Å². The summed E-state index contributed by atoms with van der Waals surface area (Å²) in [5, 5.41) is 5.83. The number of anilines is 1. The summed E-state index contributed by atoms with van der Waals surface area (Å²) in [6.45, 7) is 0.706. The van der Waals surface area contributed by atoms with E-state index in [0.29, 0.717) is 12.1 Å². The summed E-state index contributed by atoms with van der Waals surface area (Å²) in [5.74, 6) is -0.399. The normalized spacial score (nSPS) is 10.5. The molecule has 0 fully saturated rings. The average molecular weight is 276 g/mol. The third-order valence-corrected chi connectivity index (χ3v) is 3.48. The van der Waals surface area contributed by atoms with Crippen LogP contribution in [0.1, 0.15) is 15.9 Å². The van der Waals surface area contributed by atoms with Gasteiger partial charge in [-0.05, 0) is 40.6 Å². The van der Waals surface area contributed by atoms with Gasteiger partial charge in [-0.25, -0.2) is 0 Å². The van der Waals surface area contributed by atoms with Gasteiger partial charge in [-0.2, -0.15) is 0 Å². The fraction of sp³-hybridized carbons (Fsp3) is 0.0556. The molecule has 0 aliphatic carbocycles. The number of carbonyl (C=O) groups excluding carboxylic acids is 1. The lowest BCUT2D eigenvalue weighted by Gasteiger charge is -2.08. The van der Waals surface area contributed by atoms with Crippen molar-refractivity contribution in [2.75, 3.05) is 5.32 Å². The van der Waals surface area contributed by atoms with E-state index in [2.05, 4.69) is 35.6 Å². The van der Waals surface area contributed by atoms with Crippen LogP contribution in [-0.2, 0) is 6.54 Å². The number of hydrogen-bond donors (Lipinski definition) is 2. The molecule has 3 rings (SSSR count). The van der Waals surface area contributed by atoms with E-state index in [4.69, 9.17) is 5.73 Å². The van der Waals surface area contributed by atoms with Crippen LogP contribution in [0.4, 0.5) is 5.69 Å². The summed E-state index contributed by atoms with van der Waals surface area (Å²) in [6, 6.07) is 21.9. The number of amides is 1. The molecule has 21 heavy (non-hydrogen) atoms. The second-order valence-electron chi connectivity index (χ2n) is 4.98. The molecule has 0 radical (unpaired) electrons. The quantitative estimate of drug-likeness (QED) is 0.765. The van der Waals surface area contributed by atoms with Gasteiger partial charge < -0.3 is 11.1 Å². The van der Waals surface area contributed by atoms with E-state index in [1.54, 1.807) is 12.1 Å². The molecule has 104 valence electrons. The molecule has 3 nitrogen and oxygen atoms in total. The molecule has 3 heteroatoms. The van der Waals surface area contributed by atoms with Gasteiger partial charge in [0.1, 0.15) is 0 Å². The molecule has 0 saturated heterocycles. The van der Waals surface area contributed by atoms with E-state index >= 15 is 0 Å². The highest BCUT2D eigenvalue weighted by Crippen LogP contribution is 2.19. The highest BCUT2D eigenvalue weighted by Gasteiger charge is 2.00. The molecule has 0 unspecified atom stereocenters. The van der Waals surface area contributed by atoms with Crippen molar-refractivity contribution in [3.8, 4) is 0 Å². The smallest absolute Gasteiger partial charge is 0.248 e. The molecule has 0 aliphatic heterocycles. The summed E-state index contributed by atoms with van der Waals surface area (Å²) in [4.78, 5) is 11.0. The molecule has 3 aromatic rings. The zero-order valence-corrected chi connectivity index (χ0v) is 11.5. The molecule has 0 spiro atoms. The maximum absolute atomic E-state index is 11.0. The minimum Gasteiger partial charge on any atom is -0.381 e. The molecule has 0 bridgehead atoms. The van der Waals surface area contributed by atoms with Gasteiger partial charge in [-0.1, -0.05) is 42.5 Å². The van der Waals surface area contributed by atoms with Crippen molar-refractivity contribution < 1.29 is 4.79 Å². The van der Waals surface area contributed by atoms with Crippen LogP contribution in [-0.4, -0.2) is 5.91 Å². The topological polar surface area (TPSA) is 55.1 Å². The van der Waals surface area contributed by atoms with Crippen LogP contribution in [0.2, 0.25) is 0 Å². The molecule has 3 aromatic carbocycles. The summed E-state index contributed by atoms with van der Waals surface area (Å²) < 4.78 is 0. The van der Waals surface area contributed by atoms with Crippen LogP contribution >= 0.6 is 0 Å². The Morgan fingerprint density at radius 2 is 1.62 bits per heavy atom. The highest BCUT2D eigenvalue weighted by molar-refractivity contribution is 5.92. The molecule has 3 N–H and O–H groups in total. The molecular formula is C18H16N2O. The Morgan fingerprint density at radius 1 is 0.905 bits per heavy atom. The van der Waals surface area contributed by atoms with Crippen molar-refractivity contribution in [2.45, 2.75) is 6.54 Å². The summed E-state index contributed by atoms with van der Waals surface area (Å²) >= 11 is 0. The number of rotatable bonds is 4. The lowest BCUT2D eigenvalue weighted by Crippen LogP contribution is -2.10. The fourth-order valence-electron chi connectivity index (χ4n) is 2.29. The van der Waals surface area contributed by atoms with Crippen LogP contribution in [0.25, 0.3) is 10.8 Å². The molecule has 0 aliphatic rings. The third kappa shape index (κ3) is 3.03. The van der Waals surface area contributed by atoms with Gasteiger partial charge in [0.25, 0.3) is 0 Å². The van der Waals surface area contributed by atoms with Gasteiger partial charge in [0.15, 0.2) is 0 Å². The Kier molecular flexibility index (Phi) is 3.56. The molecular weight excluding hydrogens is 260 g/mol. The molecule has 0 aromatic heterocycles. The summed E-state index contributed by atoms with van der Waals surface area (Å²) in [6.07, 6.45) is 0. The molecule has 1 amide bonds. The van der Waals surface area contributed by atoms with Crippen LogP contribution in [0, 0.1) is 0 Å². The van der Waals surface area contributed by atoms with Crippen molar-refractivity contribution in [3.63, 3.8) is 0 Å². The van der Waals surface area contributed by atoms with Gasteiger partial charge in [-0.3, -0.25) is 4.79 Å². The first-order valence-electron chi connectivity index (χ1n) is 6.84. The number of primary amides is 1. The molecule has 0 atom stereocenters. The van der Waals surface area contributed by atoms with Gasteiger partial charge >= 0.3 is 0 Å². The maximum Gasteiger partial charge on any atom is 0.248 e. The monoisotopic (exact) mass is 276 g/mol. The Labute approximate surface area is 123 Å². The van der Waals surface area contributed by atoms with E-state index in [9.17, 15) is 4.79 Å². The van der Waals surface area contributed by atoms with E-state index in [0.717, 1.165) is 11.3 Å². The Bertz CT molecular complexity index is 779. The predicted molar refractivity (Wildman–Crippen MR) is 86.2 cm³/mol. The van der Waals surface area contributed by atoms with Crippen LogP contribution in [0.5, 0.6) is 0 Å². The third-order valence-electron chi connectivity index (χ3n) is 3.48. The van der Waals surface area contributed by atoms with Gasteiger partial charge in [-0.15, -0.1) is 0 Å². The lowest BCUT2D eigenvalue weighted by molar-refractivity contribution is 0.100. The van der Waals surface area contributed by atoms with Gasteiger partial charge in [0, 0.05) is 17.8 Å². The average Bonchev–Trinajstić information content (AvgIpc) is 2.53. The standard InChI is InChI=1S/C18H16N2O/c19-18(21)15-7-5-13(6-8-15)12-20-17-10-9-14-3-1-2-4-16(14)11-17/h1-11,20H,12H2,(H2,19,21). The van der Waals surface area contributed by atoms with Gasteiger partial charge in [0.05, 0.1) is 0 Å². The van der Waals surface area contributed by atoms with Crippen LogP contribution in [0.15, 0.2) is 66.7 Å². The van der Waals surface area contributed by atoms with Crippen molar-refractivity contribution in [1.29, 1.82) is 0 Å². The number of fused-ring (bicyclic) bond motifs is 1. The number of benzene rings is 3. The fourth-order valence-corrected chi connectivity index (χ4v) is 2.29. The van der Waals surface area contributed by atoms with Crippen molar-refractivity contribution in [3.05, 3.63) is 77.9 Å². The molecule has 0 saturated carbocycles. The number of carbonyl (C=O) groups is 1.